The van der Waals surface area contributed by atoms with E-state index in [1.807, 2.05) is 6.08 Å². The van der Waals surface area contributed by atoms with Crippen LogP contribution >= 0.6 is 0 Å². The van der Waals surface area contributed by atoms with Gasteiger partial charge in [-0.25, -0.2) is 0 Å². The van der Waals surface area contributed by atoms with E-state index in [9.17, 15) is 10.5 Å². The topological polar surface area (TPSA) is 60.7 Å². The molecule has 9 aromatic rings. The van der Waals surface area contributed by atoms with Crippen LogP contribution in [0.4, 0.5) is 5.69 Å². The highest BCUT2D eigenvalue weighted by Crippen LogP contribution is 2.47. The van der Waals surface area contributed by atoms with Crippen LogP contribution in [0.15, 0.2) is 193 Å². The Labute approximate surface area is 359 Å². The van der Waals surface area contributed by atoms with E-state index < -0.39 is 5.92 Å². The zero-order valence-corrected chi connectivity index (χ0v) is 33.9. The van der Waals surface area contributed by atoms with Crippen molar-refractivity contribution in [1.29, 1.82) is 10.5 Å². The van der Waals surface area contributed by atoms with Crippen LogP contribution < -0.4 is 4.90 Å². The lowest BCUT2D eigenvalue weighted by atomic mass is 9.90. The first-order valence-electron chi connectivity index (χ1n) is 21.4. The molecule has 2 aromatic heterocycles. The smallest absolute Gasteiger partial charge is 0.101 e. The summed E-state index contributed by atoms with van der Waals surface area (Å²) < 4.78 is 4.56. The second-order valence-corrected chi connectivity index (χ2v) is 16.5. The second kappa shape index (κ2) is 14.3. The van der Waals surface area contributed by atoms with Crippen molar-refractivity contribution in [1.82, 2.24) is 9.13 Å². The molecule has 0 radical (unpaired) electrons. The number of benzene rings is 7. The highest BCUT2D eigenvalue weighted by molar-refractivity contribution is 6.29. The van der Waals surface area contributed by atoms with Crippen LogP contribution in [0, 0.1) is 28.6 Å². The van der Waals surface area contributed by atoms with Gasteiger partial charge >= 0.3 is 0 Å². The number of hydrogen-bond acceptors (Lipinski definition) is 3. The number of hydrogen-bond donors (Lipinski definition) is 0. The molecule has 62 heavy (non-hydrogen) atoms. The van der Waals surface area contributed by atoms with Crippen molar-refractivity contribution in [3.8, 4) is 12.1 Å². The molecular formula is C57H39N5. The van der Waals surface area contributed by atoms with E-state index in [0.717, 1.165) is 68.6 Å². The Morgan fingerprint density at radius 1 is 0.581 bits per heavy atom. The Hall–Kier alpha value is -8.12. The molecule has 3 aliphatic carbocycles. The van der Waals surface area contributed by atoms with Crippen LogP contribution in [0.3, 0.4) is 0 Å². The van der Waals surface area contributed by atoms with Gasteiger partial charge in [0.2, 0.25) is 0 Å². The van der Waals surface area contributed by atoms with Crippen LogP contribution in [0.25, 0.3) is 82.5 Å². The quantitative estimate of drug-likeness (QED) is 0.174. The number of aromatic nitrogens is 2. The summed E-state index contributed by atoms with van der Waals surface area (Å²) >= 11 is 0. The van der Waals surface area contributed by atoms with Crippen molar-refractivity contribution in [2.45, 2.75) is 25.3 Å². The molecule has 0 spiro atoms. The van der Waals surface area contributed by atoms with E-state index in [2.05, 4.69) is 208 Å². The second-order valence-electron chi connectivity index (χ2n) is 16.5. The molecule has 12 rings (SSSR count). The van der Waals surface area contributed by atoms with Gasteiger partial charge in [0.1, 0.15) is 6.07 Å². The zero-order valence-electron chi connectivity index (χ0n) is 33.9. The van der Waals surface area contributed by atoms with E-state index in [0.29, 0.717) is 12.0 Å². The molecule has 0 N–H and O–H groups in total. The Morgan fingerprint density at radius 2 is 1.18 bits per heavy atom. The number of anilines is 1. The minimum absolute atomic E-state index is 0.0288. The van der Waals surface area contributed by atoms with Gasteiger partial charge in [-0.1, -0.05) is 133 Å². The summed E-state index contributed by atoms with van der Waals surface area (Å²) in [6.45, 7) is 0. The van der Waals surface area contributed by atoms with Crippen molar-refractivity contribution in [2.75, 3.05) is 4.90 Å². The minimum atomic E-state index is -0.526. The van der Waals surface area contributed by atoms with Gasteiger partial charge in [0.05, 0.1) is 40.2 Å². The van der Waals surface area contributed by atoms with E-state index >= 15 is 0 Å². The van der Waals surface area contributed by atoms with Gasteiger partial charge in [0, 0.05) is 51.1 Å². The van der Waals surface area contributed by atoms with Crippen molar-refractivity contribution < 1.29 is 0 Å². The van der Waals surface area contributed by atoms with Crippen molar-refractivity contribution in [3.63, 3.8) is 0 Å². The average molecular weight is 794 g/mol. The highest BCUT2D eigenvalue weighted by atomic mass is 15.2. The molecule has 5 heteroatoms. The Balaban J connectivity index is 1.09. The summed E-state index contributed by atoms with van der Waals surface area (Å²) in [5.74, 6) is -0.526. The maximum atomic E-state index is 11.2. The summed E-state index contributed by atoms with van der Waals surface area (Å²) in [5.41, 5.74) is 9.93. The predicted molar refractivity (Wildman–Crippen MR) is 257 cm³/mol. The lowest BCUT2D eigenvalue weighted by Gasteiger charge is -2.35. The maximum Gasteiger partial charge on any atom is 0.101 e. The monoisotopic (exact) mass is 793 g/mol. The van der Waals surface area contributed by atoms with Gasteiger partial charge < -0.3 is 14.0 Å². The Bertz CT molecular complexity index is 3550. The van der Waals surface area contributed by atoms with Gasteiger partial charge in [0.25, 0.3) is 0 Å². The van der Waals surface area contributed by atoms with E-state index in [1.54, 1.807) is 0 Å². The third-order valence-electron chi connectivity index (χ3n) is 13.2. The van der Waals surface area contributed by atoms with E-state index in [4.69, 9.17) is 0 Å². The normalized spacial score (nSPS) is 17.4. The van der Waals surface area contributed by atoms with Gasteiger partial charge in [-0.2, -0.15) is 10.5 Å². The van der Waals surface area contributed by atoms with Crippen molar-refractivity contribution >= 4 is 88.2 Å². The van der Waals surface area contributed by atoms with Crippen LogP contribution in [0.1, 0.15) is 24.1 Å². The first-order valence-corrected chi connectivity index (χ1v) is 21.4. The molecular weight excluding hydrogens is 755 g/mol. The number of fused-ring (bicyclic) bond motifs is 12. The van der Waals surface area contributed by atoms with Gasteiger partial charge in [0.15, 0.2) is 0 Å². The largest absolute Gasteiger partial charge is 0.334 e. The highest BCUT2D eigenvalue weighted by Gasteiger charge is 2.34. The molecule has 1 unspecified atom stereocenters. The molecule has 3 aliphatic rings. The number of nitrogens with zero attached hydrogens (tertiary/aromatic N) is 5. The molecule has 0 amide bonds. The average Bonchev–Trinajstić information content (AvgIpc) is 3.71. The number of para-hydroxylation sites is 1. The molecule has 2 atom stereocenters. The number of allylic oxidation sites excluding steroid dienone is 9. The molecule has 0 bridgehead atoms. The van der Waals surface area contributed by atoms with Crippen molar-refractivity contribution in [2.24, 2.45) is 5.92 Å². The first kappa shape index (κ1) is 35.8. The van der Waals surface area contributed by atoms with Crippen LogP contribution in [0.2, 0.25) is 0 Å². The minimum Gasteiger partial charge on any atom is -0.334 e. The number of rotatable bonds is 5. The molecule has 292 valence electrons. The summed E-state index contributed by atoms with van der Waals surface area (Å²) in [6.07, 6.45) is 19.6. The fourth-order valence-electron chi connectivity index (χ4n) is 10.5. The summed E-state index contributed by atoms with van der Waals surface area (Å²) in [5, 5.41) is 33.0. The lowest BCUT2D eigenvalue weighted by molar-refractivity contribution is 0.741. The van der Waals surface area contributed by atoms with Gasteiger partial charge in [-0.3, -0.25) is 0 Å². The van der Waals surface area contributed by atoms with Crippen LogP contribution in [-0.2, 0) is 6.42 Å². The predicted octanol–water partition coefficient (Wildman–Crippen LogP) is 13.9. The maximum absolute atomic E-state index is 11.2. The number of nitriles is 2. The SMILES string of the molecule is N#CC1=C(n2c3ccc4ccccc4c3c3c4ccccc4ccc32)CC(C#N)C(n2c3c(c4c5ccccc5ccc42)C[C@@H](N(C2=CC=CCC=C2)c2ccccc2)C=C3)=C1. The zero-order chi connectivity index (χ0) is 41.3. The third-order valence-corrected chi connectivity index (χ3v) is 13.2. The summed E-state index contributed by atoms with van der Waals surface area (Å²) in [4.78, 5) is 2.44. The molecule has 5 nitrogen and oxygen atoms in total. The molecule has 0 fully saturated rings. The van der Waals surface area contributed by atoms with Crippen LogP contribution in [0.5, 0.6) is 0 Å². The molecule has 2 heterocycles. The van der Waals surface area contributed by atoms with Gasteiger partial charge in [-0.15, -0.1) is 0 Å². The van der Waals surface area contributed by atoms with Crippen molar-refractivity contribution in [3.05, 3.63) is 205 Å². The standard InChI is InChI=1S/C57H39N5/c58-35-40-33-54(62-51-29-25-38-15-9-12-22-46(38)56(51)57-47-23-13-10-16-39(47)26-30-52(57)62)41(36-59)32-53(40)61-49-31-27-44(34-48(49)55-45-21-11-8-14-37(45)24-28-50(55)61)60(43-19-6-3-7-20-43)42-17-4-1-2-5-18-42/h1,3-32,40,44H,2,33-34H2/t40?,44-/m0/s1. The van der Waals surface area contributed by atoms with E-state index in [1.165, 1.54) is 43.3 Å². The summed E-state index contributed by atoms with van der Waals surface area (Å²) in [7, 11) is 0. The van der Waals surface area contributed by atoms with Crippen LogP contribution in [-0.4, -0.2) is 15.2 Å². The summed E-state index contributed by atoms with van der Waals surface area (Å²) in [6, 6.07) is 54.9. The Kier molecular flexibility index (Phi) is 8.24. The first-order chi connectivity index (χ1) is 30.7. The fraction of sp³-hybridized carbons (Fsp3) is 0.0877. The molecule has 7 aromatic carbocycles. The van der Waals surface area contributed by atoms with Gasteiger partial charge in [-0.05, 0) is 105 Å². The fourth-order valence-corrected chi connectivity index (χ4v) is 10.5. The molecule has 0 aliphatic heterocycles. The lowest BCUT2D eigenvalue weighted by Crippen LogP contribution is -2.35. The third kappa shape index (κ3) is 5.39. The molecule has 0 saturated carbocycles. The molecule has 0 saturated heterocycles. The Morgan fingerprint density at radius 3 is 1.81 bits per heavy atom. The van der Waals surface area contributed by atoms with E-state index in [-0.39, 0.29) is 6.04 Å².